The maximum absolute atomic E-state index is 12.9. The van der Waals surface area contributed by atoms with Gasteiger partial charge in [-0.15, -0.1) is 0 Å². The minimum atomic E-state index is -0.359. The Hall–Kier alpha value is -1.25. The van der Waals surface area contributed by atoms with E-state index in [1.165, 1.54) is 6.07 Å². The molecule has 58 valence electrons. The number of benzene rings is 1. The molecule has 0 fully saturated rings. The molecule has 0 N–H and O–H groups in total. The predicted molar refractivity (Wildman–Crippen MR) is 37.4 cm³/mol. The number of para-hydroxylation sites is 1. The Morgan fingerprint density at radius 3 is 2.82 bits per heavy atom. The van der Waals surface area contributed by atoms with E-state index in [0.717, 1.165) is 0 Å². The highest BCUT2D eigenvalue weighted by Crippen LogP contribution is 2.31. The largest absolute Gasteiger partial charge is 0.486 e. The highest BCUT2D eigenvalue weighted by Gasteiger charge is 2.14. The van der Waals surface area contributed by atoms with E-state index in [1.54, 1.807) is 12.1 Å². The maximum atomic E-state index is 12.9. The van der Waals surface area contributed by atoms with Crippen molar-refractivity contribution in [1.82, 2.24) is 0 Å². The molecule has 3 heteroatoms. The standard InChI is InChI=1S/C8H7FO2/c9-6-2-1-3-7-8(6)11-5-4-10-7/h1-3H,4-5H2. The van der Waals surface area contributed by atoms with E-state index in [1.807, 2.05) is 0 Å². The van der Waals surface area contributed by atoms with Crippen molar-refractivity contribution < 1.29 is 13.9 Å². The summed E-state index contributed by atoms with van der Waals surface area (Å²) >= 11 is 0. The Kier molecular flexibility index (Phi) is 1.42. The molecule has 1 aliphatic rings. The van der Waals surface area contributed by atoms with Crippen molar-refractivity contribution in [2.45, 2.75) is 0 Å². The van der Waals surface area contributed by atoms with Gasteiger partial charge in [-0.05, 0) is 12.1 Å². The van der Waals surface area contributed by atoms with E-state index in [2.05, 4.69) is 0 Å². The molecule has 1 aromatic carbocycles. The number of ether oxygens (including phenoxy) is 2. The van der Waals surface area contributed by atoms with Gasteiger partial charge < -0.3 is 9.47 Å². The molecule has 1 aliphatic heterocycles. The van der Waals surface area contributed by atoms with Gasteiger partial charge in [-0.2, -0.15) is 0 Å². The molecule has 1 aromatic rings. The van der Waals surface area contributed by atoms with Crippen LogP contribution in [0.15, 0.2) is 18.2 Å². The normalized spacial score (nSPS) is 14.6. The lowest BCUT2D eigenvalue weighted by molar-refractivity contribution is 0.164. The molecule has 0 saturated carbocycles. The molecule has 0 amide bonds. The van der Waals surface area contributed by atoms with Crippen LogP contribution >= 0.6 is 0 Å². The van der Waals surface area contributed by atoms with Crippen molar-refractivity contribution in [2.24, 2.45) is 0 Å². The lowest BCUT2D eigenvalue weighted by Crippen LogP contribution is -2.16. The first-order valence-corrected chi connectivity index (χ1v) is 3.42. The molecule has 0 spiro atoms. The molecule has 0 atom stereocenters. The van der Waals surface area contributed by atoms with Crippen LogP contribution < -0.4 is 9.47 Å². The Morgan fingerprint density at radius 1 is 1.18 bits per heavy atom. The van der Waals surface area contributed by atoms with Crippen molar-refractivity contribution in [3.8, 4) is 11.5 Å². The summed E-state index contributed by atoms with van der Waals surface area (Å²) in [5, 5.41) is 0. The number of rotatable bonds is 0. The second-order valence-corrected chi connectivity index (χ2v) is 2.26. The topological polar surface area (TPSA) is 18.5 Å². The zero-order valence-electron chi connectivity index (χ0n) is 5.84. The molecule has 0 aromatic heterocycles. The number of hydrogen-bond donors (Lipinski definition) is 0. The van der Waals surface area contributed by atoms with Crippen molar-refractivity contribution >= 4 is 0 Å². The fourth-order valence-corrected chi connectivity index (χ4v) is 1.04. The van der Waals surface area contributed by atoms with E-state index in [9.17, 15) is 4.39 Å². The molecule has 2 nitrogen and oxygen atoms in total. The van der Waals surface area contributed by atoms with Gasteiger partial charge in [0, 0.05) is 0 Å². The van der Waals surface area contributed by atoms with Gasteiger partial charge in [-0.3, -0.25) is 0 Å². The summed E-state index contributed by atoms with van der Waals surface area (Å²) in [5.41, 5.74) is 0. The molecule has 0 radical (unpaired) electrons. The van der Waals surface area contributed by atoms with E-state index >= 15 is 0 Å². The zero-order valence-corrected chi connectivity index (χ0v) is 5.84. The van der Waals surface area contributed by atoms with Crippen molar-refractivity contribution in [2.75, 3.05) is 13.2 Å². The van der Waals surface area contributed by atoms with Crippen LogP contribution in [-0.4, -0.2) is 13.2 Å². The van der Waals surface area contributed by atoms with E-state index < -0.39 is 0 Å². The minimum Gasteiger partial charge on any atom is -0.486 e. The molecular weight excluding hydrogens is 147 g/mol. The van der Waals surface area contributed by atoms with Gasteiger partial charge in [-0.25, -0.2) is 4.39 Å². The fourth-order valence-electron chi connectivity index (χ4n) is 1.04. The third-order valence-electron chi connectivity index (χ3n) is 1.52. The molecule has 0 saturated heterocycles. The average molecular weight is 154 g/mol. The van der Waals surface area contributed by atoms with Crippen LogP contribution in [-0.2, 0) is 0 Å². The van der Waals surface area contributed by atoms with Crippen LogP contribution in [0.3, 0.4) is 0 Å². The highest BCUT2D eigenvalue weighted by atomic mass is 19.1. The van der Waals surface area contributed by atoms with Crippen LogP contribution in [0.25, 0.3) is 0 Å². The Labute approximate surface area is 63.5 Å². The minimum absolute atomic E-state index is 0.235. The quantitative estimate of drug-likeness (QED) is 0.565. The number of hydrogen-bond acceptors (Lipinski definition) is 2. The SMILES string of the molecule is Fc1cccc2c1OCCO2. The summed E-state index contributed by atoms with van der Waals surface area (Å²) < 4.78 is 23.1. The molecule has 11 heavy (non-hydrogen) atoms. The molecule has 0 bridgehead atoms. The average Bonchev–Trinajstić information content (AvgIpc) is 2.06. The third kappa shape index (κ3) is 1.02. The summed E-state index contributed by atoms with van der Waals surface area (Å²) in [6.07, 6.45) is 0. The smallest absolute Gasteiger partial charge is 0.197 e. The lowest BCUT2D eigenvalue weighted by Gasteiger charge is -2.17. The van der Waals surface area contributed by atoms with Crippen LogP contribution in [0.1, 0.15) is 0 Å². The summed E-state index contributed by atoms with van der Waals surface area (Å²) in [6, 6.07) is 4.65. The Morgan fingerprint density at radius 2 is 2.00 bits per heavy atom. The van der Waals surface area contributed by atoms with Crippen LogP contribution in [0.4, 0.5) is 4.39 Å². The first-order chi connectivity index (χ1) is 5.38. The van der Waals surface area contributed by atoms with Crippen LogP contribution in [0.5, 0.6) is 11.5 Å². The van der Waals surface area contributed by atoms with E-state index in [4.69, 9.17) is 9.47 Å². The second kappa shape index (κ2) is 2.42. The molecule has 1 heterocycles. The second-order valence-electron chi connectivity index (χ2n) is 2.26. The van der Waals surface area contributed by atoms with Gasteiger partial charge >= 0.3 is 0 Å². The lowest BCUT2D eigenvalue weighted by atomic mass is 10.3. The molecule has 2 rings (SSSR count). The zero-order chi connectivity index (χ0) is 7.68. The monoisotopic (exact) mass is 154 g/mol. The fraction of sp³-hybridized carbons (Fsp3) is 0.250. The van der Waals surface area contributed by atoms with Gasteiger partial charge in [0.05, 0.1) is 0 Å². The van der Waals surface area contributed by atoms with Crippen molar-refractivity contribution in [3.05, 3.63) is 24.0 Å². The van der Waals surface area contributed by atoms with E-state index in [-0.39, 0.29) is 11.6 Å². The van der Waals surface area contributed by atoms with Crippen molar-refractivity contribution in [1.29, 1.82) is 0 Å². The molecule has 0 aliphatic carbocycles. The van der Waals surface area contributed by atoms with Crippen LogP contribution in [0, 0.1) is 5.82 Å². The summed E-state index contributed by atoms with van der Waals surface area (Å²) in [4.78, 5) is 0. The van der Waals surface area contributed by atoms with Crippen LogP contribution in [0.2, 0.25) is 0 Å². The van der Waals surface area contributed by atoms with Gasteiger partial charge in [0.1, 0.15) is 13.2 Å². The van der Waals surface area contributed by atoms with Gasteiger partial charge in [0.15, 0.2) is 17.3 Å². The summed E-state index contributed by atoms with van der Waals surface area (Å²) in [7, 11) is 0. The molecule has 0 unspecified atom stereocenters. The highest BCUT2D eigenvalue weighted by molar-refractivity contribution is 5.41. The predicted octanol–water partition coefficient (Wildman–Crippen LogP) is 1.60. The Bertz CT molecular complexity index is 273. The van der Waals surface area contributed by atoms with E-state index in [0.29, 0.717) is 19.0 Å². The first kappa shape index (κ1) is 6.46. The maximum Gasteiger partial charge on any atom is 0.197 e. The third-order valence-corrected chi connectivity index (χ3v) is 1.52. The summed E-state index contributed by atoms with van der Waals surface area (Å²) in [6.45, 7) is 0.921. The van der Waals surface area contributed by atoms with Gasteiger partial charge in [0.25, 0.3) is 0 Å². The van der Waals surface area contributed by atoms with Gasteiger partial charge in [0.2, 0.25) is 0 Å². The number of halogens is 1. The summed E-state index contributed by atoms with van der Waals surface area (Å²) in [5.74, 6) is 0.372. The Balaban J connectivity index is 2.49. The molecular formula is C8H7FO2. The number of fused-ring (bicyclic) bond motifs is 1. The first-order valence-electron chi connectivity index (χ1n) is 3.42. The van der Waals surface area contributed by atoms with Crippen molar-refractivity contribution in [3.63, 3.8) is 0 Å². The van der Waals surface area contributed by atoms with Gasteiger partial charge in [-0.1, -0.05) is 6.07 Å².